The van der Waals surface area contributed by atoms with Gasteiger partial charge in [-0.2, -0.15) is 0 Å². The number of halogens is 1. The smallest absolute Gasteiger partial charge is 0.0512 e. The van der Waals surface area contributed by atoms with Gasteiger partial charge in [0.25, 0.3) is 0 Å². The van der Waals surface area contributed by atoms with Crippen LogP contribution >= 0.6 is 15.9 Å². The number of para-hydroxylation sites is 2. The first-order chi connectivity index (χ1) is 17.3. The van der Waals surface area contributed by atoms with Crippen LogP contribution in [-0.4, -0.2) is 4.57 Å². The zero-order chi connectivity index (χ0) is 24.0. The van der Waals surface area contributed by atoms with Crippen molar-refractivity contribution in [2.45, 2.75) is 52.0 Å². The number of aromatic nitrogens is 1. The molecule has 0 aliphatic rings. The minimum absolute atomic E-state index is 1.04. The highest BCUT2D eigenvalue weighted by atomic mass is 79.9. The van der Waals surface area contributed by atoms with Crippen molar-refractivity contribution < 1.29 is 0 Å². The van der Waals surface area contributed by atoms with Gasteiger partial charge in [-0.1, -0.05) is 103 Å². The van der Waals surface area contributed by atoms with E-state index in [9.17, 15) is 0 Å². The summed E-state index contributed by atoms with van der Waals surface area (Å²) in [6.45, 7) is 3.32. The Hall–Kier alpha value is -3.04. The molecule has 35 heavy (non-hydrogen) atoms. The van der Waals surface area contributed by atoms with Gasteiger partial charge in [0.2, 0.25) is 0 Å². The van der Waals surface area contributed by atoms with E-state index in [0.29, 0.717) is 0 Å². The van der Waals surface area contributed by atoms with E-state index in [1.165, 1.54) is 77.4 Å². The predicted octanol–water partition coefficient (Wildman–Crippen LogP) is 10.4. The van der Waals surface area contributed by atoms with Gasteiger partial charge < -0.3 is 9.47 Å². The average Bonchev–Trinajstić information content (AvgIpc) is 3.19. The minimum Gasteiger partial charge on any atom is -0.340 e. The van der Waals surface area contributed by atoms with Crippen molar-refractivity contribution >= 4 is 54.8 Å². The van der Waals surface area contributed by atoms with Gasteiger partial charge in [0, 0.05) is 38.9 Å². The Morgan fingerprint density at radius 2 is 1.17 bits per heavy atom. The van der Waals surface area contributed by atoms with E-state index >= 15 is 0 Å². The van der Waals surface area contributed by atoms with Crippen LogP contribution in [-0.2, 0) is 6.54 Å². The molecule has 0 fully saturated rings. The van der Waals surface area contributed by atoms with Gasteiger partial charge in [-0.15, -0.1) is 0 Å². The molecule has 0 saturated heterocycles. The summed E-state index contributed by atoms with van der Waals surface area (Å²) in [5.74, 6) is 0. The lowest BCUT2D eigenvalue weighted by Gasteiger charge is -2.25. The molecule has 2 nitrogen and oxygen atoms in total. The van der Waals surface area contributed by atoms with Crippen LogP contribution in [0.2, 0.25) is 0 Å². The Labute approximate surface area is 217 Å². The highest BCUT2D eigenvalue weighted by Gasteiger charge is 2.16. The van der Waals surface area contributed by atoms with Crippen molar-refractivity contribution in [3.63, 3.8) is 0 Å². The summed E-state index contributed by atoms with van der Waals surface area (Å²) in [5.41, 5.74) is 6.13. The first-order valence-electron chi connectivity index (χ1n) is 12.9. The molecule has 0 radical (unpaired) electrons. The van der Waals surface area contributed by atoms with Crippen molar-refractivity contribution in [1.82, 2.24) is 4.57 Å². The Morgan fingerprint density at radius 3 is 1.83 bits per heavy atom. The number of hydrogen-bond donors (Lipinski definition) is 0. The molecule has 1 aromatic heterocycles. The summed E-state index contributed by atoms with van der Waals surface area (Å²) in [4.78, 5) is 2.35. The molecule has 0 amide bonds. The Bertz CT molecular complexity index is 1350. The minimum atomic E-state index is 1.04. The molecule has 0 unspecified atom stereocenters. The maximum absolute atomic E-state index is 3.71. The molecule has 5 rings (SSSR count). The third-order valence-corrected chi connectivity index (χ3v) is 7.33. The molecule has 0 bridgehead atoms. The van der Waals surface area contributed by atoms with E-state index < -0.39 is 0 Å². The Balaban J connectivity index is 1.59. The molecule has 3 heteroatoms. The number of hydrogen-bond acceptors (Lipinski definition) is 1. The van der Waals surface area contributed by atoms with Crippen molar-refractivity contribution in [2.75, 3.05) is 4.90 Å². The maximum atomic E-state index is 3.71. The van der Waals surface area contributed by atoms with Crippen LogP contribution in [0.3, 0.4) is 0 Å². The van der Waals surface area contributed by atoms with Gasteiger partial charge in [0.15, 0.2) is 0 Å². The molecule has 4 aromatic carbocycles. The number of unbranched alkanes of at least 4 members (excludes halogenated alkanes) is 5. The largest absolute Gasteiger partial charge is 0.340 e. The quantitative estimate of drug-likeness (QED) is 0.165. The normalized spacial score (nSPS) is 11.4. The van der Waals surface area contributed by atoms with Gasteiger partial charge in [-0.3, -0.25) is 0 Å². The van der Waals surface area contributed by atoms with E-state index in [4.69, 9.17) is 0 Å². The van der Waals surface area contributed by atoms with Crippen LogP contribution < -0.4 is 4.90 Å². The van der Waals surface area contributed by atoms with E-state index in [1.807, 2.05) is 0 Å². The topological polar surface area (TPSA) is 8.17 Å². The first kappa shape index (κ1) is 23.7. The molecule has 0 aliphatic heterocycles. The van der Waals surface area contributed by atoms with Crippen molar-refractivity contribution in [2.24, 2.45) is 0 Å². The van der Waals surface area contributed by atoms with E-state index in [0.717, 1.165) is 11.0 Å². The molecule has 1 heterocycles. The van der Waals surface area contributed by atoms with Gasteiger partial charge >= 0.3 is 0 Å². The number of anilines is 3. The Morgan fingerprint density at radius 1 is 0.600 bits per heavy atom. The van der Waals surface area contributed by atoms with Crippen LogP contribution in [0.4, 0.5) is 17.1 Å². The first-order valence-corrected chi connectivity index (χ1v) is 13.7. The number of fused-ring (bicyclic) bond motifs is 3. The van der Waals surface area contributed by atoms with Crippen LogP contribution in [0, 0.1) is 0 Å². The highest BCUT2D eigenvalue weighted by Crippen LogP contribution is 2.38. The molecule has 5 aromatic rings. The lowest BCUT2D eigenvalue weighted by atomic mass is 10.1. The molecule has 0 aliphatic carbocycles. The second-order valence-electron chi connectivity index (χ2n) is 9.29. The van der Waals surface area contributed by atoms with Crippen LogP contribution in [0.15, 0.2) is 102 Å². The second kappa shape index (κ2) is 11.1. The van der Waals surface area contributed by atoms with Crippen LogP contribution in [0.1, 0.15) is 45.4 Å². The van der Waals surface area contributed by atoms with Gasteiger partial charge in [0.1, 0.15) is 0 Å². The monoisotopic (exact) mass is 524 g/mol. The fraction of sp³-hybridized carbons (Fsp3) is 0.250. The highest BCUT2D eigenvalue weighted by molar-refractivity contribution is 9.10. The average molecular weight is 526 g/mol. The van der Waals surface area contributed by atoms with Crippen LogP contribution in [0.5, 0.6) is 0 Å². The van der Waals surface area contributed by atoms with Crippen molar-refractivity contribution in [1.29, 1.82) is 0 Å². The molecule has 0 atom stereocenters. The van der Waals surface area contributed by atoms with Crippen LogP contribution in [0.25, 0.3) is 21.8 Å². The summed E-state index contributed by atoms with van der Waals surface area (Å²) < 4.78 is 3.67. The van der Waals surface area contributed by atoms with Gasteiger partial charge in [0.05, 0.1) is 11.0 Å². The fourth-order valence-electron chi connectivity index (χ4n) is 5.09. The number of aryl methyl sites for hydroxylation is 1. The molecular formula is C32H33BrN2. The fourth-order valence-corrected chi connectivity index (χ4v) is 5.44. The molecule has 0 N–H and O–H groups in total. The zero-order valence-corrected chi connectivity index (χ0v) is 22.0. The summed E-state index contributed by atoms with van der Waals surface area (Å²) in [5, 5.41) is 2.65. The molecule has 0 saturated carbocycles. The van der Waals surface area contributed by atoms with Crippen molar-refractivity contribution in [3.8, 4) is 0 Å². The summed E-state index contributed by atoms with van der Waals surface area (Å²) in [7, 11) is 0. The van der Waals surface area contributed by atoms with Gasteiger partial charge in [-0.05, 0) is 55.0 Å². The van der Waals surface area contributed by atoms with E-state index in [-0.39, 0.29) is 0 Å². The van der Waals surface area contributed by atoms with E-state index in [1.54, 1.807) is 0 Å². The summed E-state index contributed by atoms with van der Waals surface area (Å²) in [6.07, 6.45) is 7.82. The van der Waals surface area contributed by atoms with Gasteiger partial charge in [-0.25, -0.2) is 0 Å². The molecule has 178 valence electrons. The standard InChI is InChI=1S/C32H33BrN2/c1-2-3-4-5-6-13-22-34-31-23-25(33)18-20-29(31)30-21-19-28(24-32(30)34)35(26-14-9-7-10-15-26)27-16-11-8-12-17-27/h7-12,14-21,23-24H,2-6,13,22H2,1H3. The lowest BCUT2D eigenvalue weighted by Crippen LogP contribution is -2.09. The third-order valence-electron chi connectivity index (χ3n) is 6.84. The predicted molar refractivity (Wildman–Crippen MR) is 155 cm³/mol. The van der Waals surface area contributed by atoms with E-state index in [2.05, 4.69) is 129 Å². The number of benzene rings is 4. The molecule has 0 spiro atoms. The number of rotatable bonds is 10. The summed E-state index contributed by atoms with van der Waals surface area (Å²) >= 11 is 3.71. The summed E-state index contributed by atoms with van der Waals surface area (Å²) in [6, 6.07) is 34.9. The van der Waals surface area contributed by atoms with Crippen molar-refractivity contribution in [3.05, 3.63) is 102 Å². The number of nitrogens with zero attached hydrogens (tertiary/aromatic N) is 2. The third kappa shape index (κ3) is 5.16. The SMILES string of the molecule is CCCCCCCCn1c2cc(Br)ccc2c2ccc(N(c3ccccc3)c3ccccc3)cc21. The maximum Gasteiger partial charge on any atom is 0.0512 e. The second-order valence-corrected chi connectivity index (χ2v) is 10.2. The lowest BCUT2D eigenvalue weighted by molar-refractivity contribution is 0.571. The Kier molecular flexibility index (Phi) is 7.54. The zero-order valence-electron chi connectivity index (χ0n) is 20.5. The molecular weight excluding hydrogens is 492 g/mol.